The maximum absolute atomic E-state index is 14.1. The van der Waals surface area contributed by atoms with Crippen molar-refractivity contribution in [3.05, 3.63) is 64.6 Å². The number of pyridine rings is 1. The highest BCUT2D eigenvalue weighted by atomic mass is 19.1. The average Bonchev–Trinajstić information content (AvgIpc) is 2.61. The number of hydrogen-bond acceptors (Lipinski definition) is 6. The molecule has 1 N–H and O–H groups in total. The standard InChI is InChI=1S/C19H17FN2O5/c1-19(2,23)11-26-13-4-5-14-16(10-13)21-8-7-17(14)27-18-6-3-12(22(24)25)9-15(18)20/h3-10,23H,11H2,1-2H3. The van der Waals surface area contributed by atoms with Crippen LogP contribution in [-0.2, 0) is 0 Å². The van der Waals surface area contributed by atoms with Crippen molar-refractivity contribution in [3.8, 4) is 17.2 Å². The van der Waals surface area contributed by atoms with Gasteiger partial charge < -0.3 is 14.6 Å². The molecule has 0 aliphatic heterocycles. The third-order valence-electron chi connectivity index (χ3n) is 3.61. The molecule has 3 rings (SSSR count). The van der Waals surface area contributed by atoms with Crippen molar-refractivity contribution in [2.45, 2.75) is 19.4 Å². The van der Waals surface area contributed by atoms with Crippen LogP contribution in [0.3, 0.4) is 0 Å². The van der Waals surface area contributed by atoms with Gasteiger partial charge in [-0.1, -0.05) is 0 Å². The van der Waals surface area contributed by atoms with Crippen molar-refractivity contribution in [1.82, 2.24) is 4.98 Å². The minimum Gasteiger partial charge on any atom is -0.491 e. The summed E-state index contributed by atoms with van der Waals surface area (Å²) in [5.74, 6) is -0.0904. The summed E-state index contributed by atoms with van der Waals surface area (Å²) in [5.41, 5.74) is -0.767. The van der Waals surface area contributed by atoms with E-state index in [1.807, 2.05) is 0 Å². The molecule has 0 aliphatic carbocycles. The number of fused-ring (bicyclic) bond motifs is 1. The molecule has 0 atom stereocenters. The first kappa shape index (κ1) is 18.5. The zero-order chi connectivity index (χ0) is 19.6. The number of nitro benzene ring substituents is 1. The van der Waals surface area contributed by atoms with E-state index in [9.17, 15) is 19.6 Å². The Hall–Kier alpha value is -3.26. The van der Waals surface area contributed by atoms with Crippen LogP contribution in [0.2, 0.25) is 0 Å². The number of rotatable bonds is 6. The van der Waals surface area contributed by atoms with Crippen LogP contribution in [0.5, 0.6) is 17.2 Å². The van der Waals surface area contributed by atoms with Crippen LogP contribution in [0, 0.1) is 15.9 Å². The summed E-state index contributed by atoms with van der Waals surface area (Å²) in [6.45, 7) is 3.39. The van der Waals surface area contributed by atoms with Gasteiger partial charge in [0.05, 0.1) is 22.1 Å². The molecule has 140 valence electrons. The number of aliphatic hydroxyl groups is 1. The zero-order valence-electron chi connectivity index (χ0n) is 14.7. The highest BCUT2D eigenvalue weighted by Gasteiger charge is 2.15. The number of nitro groups is 1. The van der Waals surface area contributed by atoms with Gasteiger partial charge in [-0.3, -0.25) is 15.1 Å². The summed E-state index contributed by atoms with van der Waals surface area (Å²) in [6.07, 6.45) is 1.50. The molecule has 8 heteroatoms. The number of nitrogens with zero attached hydrogens (tertiary/aromatic N) is 2. The number of halogens is 1. The molecule has 7 nitrogen and oxygen atoms in total. The monoisotopic (exact) mass is 372 g/mol. The molecule has 1 heterocycles. The van der Waals surface area contributed by atoms with E-state index in [0.29, 0.717) is 22.4 Å². The smallest absolute Gasteiger partial charge is 0.272 e. The minimum atomic E-state index is -0.971. The normalized spacial score (nSPS) is 11.4. The first-order chi connectivity index (χ1) is 12.7. The van der Waals surface area contributed by atoms with Gasteiger partial charge in [0.1, 0.15) is 18.1 Å². The summed E-state index contributed by atoms with van der Waals surface area (Å²) >= 11 is 0. The van der Waals surface area contributed by atoms with E-state index in [4.69, 9.17) is 9.47 Å². The largest absolute Gasteiger partial charge is 0.491 e. The molecule has 0 unspecified atom stereocenters. The molecule has 0 amide bonds. The predicted molar refractivity (Wildman–Crippen MR) is 96.7 cm³/mol. The molecule has 3 aromatic rings. The Morgan fingerprint density at radius 3 is 2.63 bits per heavy atom. The maximum atomic E-state index is 14.1. The van der Waals surface area contributed by atoms with Crippen molar-refractivity contribution >= 4 is 16.6 Å². The van der Waals surface area contributed by atoms with E-state index in [0.717, 1.165) is 6.07 Å². The van der Waals surface area contributed by atoms with Gasteiger partial charge in [-0.25, -0.2) is 4.39 Å². The second-order valence-corrected chi connectivity index (χ2v) is 6.56. The van der Waals surface area contributed by atoms with Crippen molar-refractivity contribution in [1.29, 1.82) is 0 Å². The van der Waals surface area contributed by atoms with E-state index in [-0.39, 0.29) is 18.0 Å². The van der Waals surface area contributed by atoms with Gasteiger partial charge in [-0.15, -0.1) is 0 Å². The van der Waals surface area contributed by atoms with Crippen LogP contribution in [0.25, 0.3) is 10.9 Å². The van der Waals surface area contributed by atoms with Gasteiger partial charge in [0, 0.05) is 23.7 Å². The second-order valence-electron chi connectivity index (χ2n) is 6.56. The highest BCUT2D eigenvalue weighted by molar-refractivity contribution is 5.86. The number of aromatic nitrogens is 1. The molecule has 0 spiro atoms. The quantitative estimate of drug-likeness (QED) is 0.514. The van der Waals surface area contributed by atoms with Crippen molar-refractivity contribution in [3.63, 3.8) is 0 Å². The highest BCUT2D eigenvalue weighted by Crippen LogP contribution is 2.33. The molecular formula is C19H17FN2O5. The minimum absolute atomic E-state index is 0.114. The third-order valence-corrected chi connectivity index (χ3v) is 3.61. The second kappa shape index (κ2) is 7.16. The van der Waals surface area contributed by atoms with E-state index in [1.165, 1.54) is 18.3 Å². The number of non-ortho nitro benzene ring substituents is 1. The van der Waals surface area contributed by atoms with Crippen LogP contribution in [0.1, 0.15) is 13.8 Å². The first-order valence-electron chi connectivity index (χ1n) is 8.09. The van der Waals surface area contributed by atoms with Gasteiger partial charge in [-0.2, -0.15) is 0 Å². The average molecular weight is 372 g/mol. The van der Waals surface area contributed by atoms with Crippen molar-refractivity contribution in [2.24, 2.45) is 0 Å². The third kappa shape index (κ3) is 4.48. The summed E-state index contributed by atoms with van der Waals surface area (Å²) < 4.78 is 25.2. The Kier molecular flexibility index (Phi) is 4.91. The molecule has 0 bridgehead atoms. The van der Waals surface area contributed by atoms with E-state index in [1.54, 1.807) is 38.1 Å². The van der Waals surface area contributed by atoms with Gasteiger partial charge in [0.15, 0.2) is 11.6 Å². The van der Waals surface area contributed by atoms with Gasteiger partial charge >= 0.3 is 0 Å². The summed E-state index contributed by atoms with van der Waals surface area (Å²) in [7, 11) is 0. The topological polar surface area (TPSA) is 94.7 Å². The van der Waals surface area contributed by atoms with E-state index in [2.05, 4.69) is 4.98 Å². The molecule has 0 saturated carbocycles. The van der Waals surface area contributed by atoms with E-state index >= 15 is 0 Å². The predicted octanol–water partition coefficient (Wildman–Crippen LogP) is 4.22. The molecule has 2 aromatic carbocycles. The van der Waals surface area contributed by atoms with Crippen LogP contribution in [0.4, 0.5) is 10.1 Å². The molecule has 0 saturated heterocycles. The molecule has 0 fully saturated rings. The van der Waals surface area contributed by atoms with Crippen molar-refractivity contribution in [2.75, 3.05) is 6.61 Å². The van der Waals surface area contributed by atoms with Crippen LogP contribution < -0.4 is 9.47 Å². The lowest BCUT2D eigenvalue weighted by molar-refractivity contribution is -0.385. The summed E-state index contributed by atoms with van der Waals surface area (Å²) in [4.78, 5) is 14.3. The Labute approximate surface area is 154 Å². The fourth-order valence-electron chi connectivity index (χ4n) is 2.34. The SMILES string of the molecule is CC(C)(O)COc1ccc2c(Oc3ccc([N+](=O)[O-])cc3F)ccnc2c1. The Morgan fingerprint density at radius 2 is 1.96 bits per heavy atom. The van der Waals surface area contributed by atoms with Crippen LogP contribution in [0.15, 0.2) is 48.7 Å². The number of hydrogen-bond donors (Lipinski definition) is 1. The number of benzene rings is 2. The molecule has 0 aliphatic rings. The lowest BCUT2D eigenvalue weighted by Crippen LogP contribution is -2.27. The molecule has 27 heavy (non-hydrogen) atoms. The fraction of sp³-hybridized carbons (Fsp3) is 0.211. The number of ether oxygens (including phenoxy) is 2. The van der Waals surface area contributed by atoms with Gasteiger partial charge in [0.2, 0.25) is 0 Å². The molecular weight excluding hydrogens is 355 g/mol. The lowest BCUT2D eigenvalue weighted by atomic mass is 10.1. The Bertz CT molecular complexity index is 1000. The van der Waals surface area contributed by atoms with Gasteiger partial charge in [0.25, 0.3) is 5.69 Å². The maximum Gasteiger partial charge on any atom is 0.272 e. The lowest BCUT2D eigenvalue weighted by Gasteiger charge is -2.18. The Balaban J connectivity index is 1.88. The van der Waals surface area contributed by atoms with Crippen LogP contribution in [-0.4, -0.2) is 27.2 Å². The summed E-state index contributed by atoms with van der Waals surface area (Å²) in [6, 6.07) is 9.84. The molecule has 1 aromatic heterocycles. The molecule has 0 radical (unpaired) electrons. The van der Waals surface area contributed by atoms with Crippen molar-refractivity contribution < 1.29 is 23.9 Å². The van der Waals surface area contributed by atoms with E-state index < -0.39 is 16.3 Å². The van der Waals surface area contributed by atoms with Gasteiger partial charge in [-0.05, 0) is 38.1 Å². The summed E-state index contributed by atoms with van der Waals surface area (Å²) in [5, 5.41) is 21.1. The fourth-order valence-corrected chi connectivity index (χ4v) is 2.34. The first-order valence-corrected chi connectivity index (χ1v) is 8.09. The zero-order valence-corrected chi connectivity index (χ0v) is 14.7. The van der Waals surface area contributed by atoms with Crippen LogP contribution >= 0.6 is 0 Å². The Morgan fingerprint density at radius 1 is 1.19 bits per heavy atom.